The molecule has 8 heteroatoms. The summed E-state index contributed by atoms with van der Waals surface area (Å²) in [5, 5.41) is 0. The summed E-state index contributed by atoms with van der Waals surface area (Å²) in [6.45, 7) is 1.72. The van der Waals surface area contributed by atoms with E-state index in [1.54, 1.807) is 37.4 Å². The van der Waals surface area contributed by atoms with Crippen LogP contribution in [0.5, 0.6) is 0 Å². The Morgan fingerprint density at radius 1 is 1.15 bits per heavy atom. The van der Waals surface area contributed by atoms with Crippen LogP contribution in [0.3, 0.4) is 0 Å². The van der Waals surface area contributed by atoms with Crippen molar-refractivity contribution < 1.29 is 4.39 Å². The van der Waals surface area contributed by atoms with Gasteiger partial charge in [0.25, 0.3) is 5.56 Å². The van der Waals surface area contributed by atoms with Gasteiger partial charge >= 0.3 is 5.69 Å². The lowest BCUT2D eigenvalue weighted by Gasteiger charge is -2.14. The maximum Gasteiger partial charge on any atom is 0.329 e. The van der Waals surface area contributed by atoms with Crippen LogP contribution < -0.4 is 11.2 Å². The minimum Gasteiger partial charge on any atom is -0.304 e. The Kier molecular flexibility index (Phi) is 3.96. The van der Waals surface area contributed by atoms with E-state index < -0.39 is 17.3 Å². The van der Waals surface area contributed by atoms with E-state index in [0.29, 0.717) is 27.2 Å². The summed E-state index contributed by atoms with van der Waals surface area (Å²) in [5.41, 5.74) is 1.12. The van der Waals surface area contributed by atoms with Crippen molar-refractivity contribution in [2.24, 2.45) is 0 Å². The Labute approximate surface area is 150 Å². The first kappa shape index (κ1) is 16.3. The second-order valence-corrected chi connectivity index (χ2v) is 6.56. The third kappa shape index (κ3) is 2.64. The van der Waals surface area contributed by atoms with E-state index in [0.717, 1.165) is 16.1 Å². The number of rotatable bonds is 3. The summed E-state index contributed by atoms with van der Waals surface area (Å²) < 4.78 is 18.9. The lowest BCUT2D eigenvalue weighted by atomic mass is 10.1. The zero-order valence-corrected chi connectivity index (χ0v) is 14.5. The van der Waals surface area contributed by atoms with Crippen LogP contribution >= 0.6 is 11.5 Å². The molecule has 0 spiro atoms. The molecular formula is C18H13FN4O2S. The number of H-pyrrole nitrogens is 1. The maximum atomic E-state index is 13.1. The van der Waals surface area contributed by atoms with Gasteiger partial charge in [0.2, 0.25) is 0 Å². The highest BCUT2D eigenvalue weighted by atomic mass is 32.1. The van der Waals surface area contributed by atoms with Crippen molar-refractivity contribution in [1.29, 1.82) is 0 Å². The van der Waals surface area contributed by atoms with Gasteiger partial charge in [-0.15, -0.1) is 0 Å². The second-order valence-electron chi connectivity index (χ2n) is 5.78. The molecule has 4 aromatic rings. The molecule has 4 rings (SSSR count). The van der Waals surface area contributed by atoms with E-state index >= 15 is 0 Å². The second kappa shape index (κ2) is 6.30. The van der Waals surface area contributed by atoms with Crippen LogP contribution in [0.2, 0.25) is 0 Å². The van der Waals surface area contributed by atoms with Gasteiger partial charge in [-0.1, -0.05) is 18.2 Å². The summed E-state index contributed by atoms with van der Waals surface area (Å²) in [6.07, 6.45) is 1.62. The third-order valence-corrected chi connectivity index (χ3v) is 5.04. The van der Waals surface area contributed by atoms with Crippen molar-refractivity contribution in [3.63, 3.8) is 0 Å². The molecule has 0 aliphatic heterocycles. The van der Waals surface area contributed by atoms with Crippen LogP contribution in [0.4, 0.5) is 4.39 Å². The van der Waals surface area contributed by atoms with Gasteiger partial charge in [-0.2, -0.15) is 4.37 Å². The van der Waals surface area contributed by atoms with Crippen LogP contribution in [0.15, 0.2) is 58.3 Å². The molecule has 0 aliphatic carbocycles. The standard InChI is InChI=1S/C18H13FN4O2S/c1-10(11-5-7-12(19)8-6-11)23-17(24)16-15(21-18(23)25)14(22-26-16)13-4-2-3-9-20-13/h2-10H,1H3,(H,21,25). The number of pyridine rings is 1. The molecule has 0 radical (unpaired) electrons. The molecular weight excluding hydrogens is 355 g/mol. The summed E-state index contributed by atoms with van der Waals surface area (Å²) in [4.78, 5) is 32.5. The summed E-state index contributed by atoms with van der Waals surface area (Å²) >= 11 is 1.02. The molecule has 1 unspecified atom stereocenters. The molecule has 0 saturated carbocycles. The first-order valence-corrected chi connectivity index (χ1v) is 8.64. The molecule has 3 heterocycles. The molecule has 26 heavy (non-hydrogen) atoms. The molecule has 3 aromatic heterocycles. The molecule has 130 valence electrons. The number of hydrogen-bond donors (Lipinski definition) is 1. The predicted molar refractivity (Wildman–Crippen MR) is 97.9 cm³/mol. The number of aromatic nitrogens is 4. The Morgan fingerprint density at radius 2 is 1.92 bits per heavy atom. The first-order valence-electron chi connectivity index (χ1n) is 7.87. The fraction of sp³-hybridized carbons (Fsp3) is 0.111. The van der Waals surface area contributed by atoms with Crippen molar-refractivity contribution in [3.05, 3.63) is 80.9 Å². The van der Waals surface area contributed by atoms with Crippen LogP contribution in [0.1, 0.15) is 18.5 Å². The highest BCUT2D eigenvalue weighted by Crippen LogP contribution is 2.25. The van der Waals surface area contributed by atoms with Gasteiger partial charge in [0.15, 0.2) is 0 Å². The maximum absolute atomic E-state index is 13.1. The summed E-state index contributed by atoms with van der Waals surface area (Å²) in [7, 11) is 0. The number of aromatic amines is 1. The van der Waals surface area contributed by atoms with Crippen molar-refractivity contribution in [1.82, 2.24) is 18.9 Å². The molecule has 1 aromatic carbocycles. The Hall–Kier alpha value is -3.13. The van der Waals surface area contributed by atoms with Crippen LogP contribution in [0.25, 0.3) is 21.6 Å². The van der Waals surface area contributed by atoms with E-state index in [1.165, 1.54) is 12.1 Å². The van der Waals surface area contributed by atoms with Crippen LogP contribution in [-0.2, 0) is 0 Å². The minimum absolute atomic E-state index is 0.346. The van der Waals surface area contributed by atoms with Gasteiger partial charge in [0.1, 0.15) is 16.2 Å². The number of hydrogen-bond acceptors (Lipinski definition) is 5. The molecule has 0 saturated heterocycles. The first-order chi connectivity index (χ1) is 12.6. The molecule has 0 fully saturated rings. The van der Waals surface area contributed by atoms with E-state index in [2.05, 4.69) is 14.3 Å². The van der Waals surface area contributed by atoms with Gasteiger partial charge in [-0.05, 0) is 48.3 Å². The highest BCUT2D eigenvalue weighted by Gasteiger charge is 2.20. The number of nitrogens with one attached hydrogen (secondary N) is 1. The van der Waals surface area contributed by atoms with E-state index in [1.807, 2.05) is 6.07 Å². The number of fused-ring (bicyclic) bond motifs is 1. The van der Waals surface area contributed by atoms with Crippen LogP contribution in [-0.4, -0.2) is 18.9 Å². The quantitative estimate of drug-likeness (QED) is 0.603. The average molecular weight is 368 g/mol. The Morgan fingerprint density at radius 3 is 2.62 bits per heavy atom. The van der Waals surface area contributed by atoms with Crippen LogP contribution in [0, 0.1) is 5.82 Å². The van der Waals surface area contributed by atoms with Crippen molar-refractivity contribution in [2.45, 2.75) is 13.0 Å². The van der Waals surface area contributed by atoms with Crippen molar-refractivity contribution in [2.75, 3.05) is 0 Å². The molecule has 0 bridgehead atoms. The summed E-state index contributed by atoms with van der Waals surface area (Å²) in [6, 6.07) is 10.5. The van der Waals surface area contributed by atoms with Gasteiger partial charge in [-0.3, -0.25) is 14.3 Å². The molecule has 0 amide bonds. The smallest absolute Gasteiger partial charge is 0.304 e. The van der Waals surface area contributed by atoms with Crippen molar-refractivity contribution in [3.8, 4) is 11.4 Å². The van der Waals surface area contributed by atoms with Gasteiger partial charge in [0, 0.05) is 6.20 Å². The predicted octanol–water partition coefficient (Wildman–Crippen LogP) is 2.96. The Bertz CT molecular complexity index is 1200. The number of benzene rings is 1. The molecule has 1 atom stereocenters. The normalized spacial score (nSPS) is 12.4. The van der Waals surface area contributed by atoms with E-state index in [4.69, 9.17) is 0 Å². The fourth-order valence-corrected chi connectivity index (χ4v) is 3.62. The lowest BCUT2D eigenvalue weighted by molar-refractivity contribution is 0.581. The largest absolute Gasteiger partial charge is 0.329 e. The van der Waals surface area contributed by atoms with E-state index in [9.17, 15) is 14.0 Å². The van der Waals surface area contributed by atoms with Gasteiger partial charge < -0.3 is 4.98 Å². The monoisotopic (exact) mass is 368 g/mol. The van der Waals surface area contributed by atoms with Gasteiger partial charge in [0.05, 0.1) is 17.3 Å². The number of halogens is 1. The third-order valence-electron chi connectivity index (χ3n) is 4.20. The molecule has 6 nitrogen and oxygen atoms in total. The zero-order valence-electron chi connectivity index (χ0n) is 13.6. The highest BCUT2D eigenvalue weighted by molar-refractivity contribution is 7.13. The van der Waals surface area contributed by atoms with E-state index in [-0.39, 0.29) is 5.82 Å². The van der Waals surface area contributed by atoms with Gasteiger partial charge in [-0.25, -0.2) is 9.18 Å². The zero-order chi connectivity index (χ0) is 18.3. The number of nitrogens with zero attached hydrogens (tertiary/aromatic N) is 3. The average Bonchev–Trinajstić information content (AvgIpc) is 3.07. The minimum atomic E-state index is -0.545. The molecule has 0 aliphatic rings. The summed E-state index contributed by atoms with van der Waals surface area (Å²) in [5.74, 6) is -0.375. The lowest BCUT2D eigenvalue weighted by Crippen LogP contribution is -2.37. The van der Waals surface area contributed by atoms with Crippen molar-refractivity contribution >= 4 is 21.7 Å². The SMILES string of the molecule is CC(c1ccc(F)cc1)n1c(=O)[nH]c2c(-c3ccccn3)nsc2c1=O. The topological polar surface area (TPSA) is 80.6 Å². The fourth-order valence-electron chi connectivity index (χ4n) is 2.84. The molecule has 1 N–H and O–H groups in total. The Balaban J connectivity index is 1.89.